The fraction of sp³-hybridized carbons (Fsp3) is 0.600. The zero-order chi connectivity index (χ0) is 9.14. The maximum Gasteiger partial charge on any atom is 0.0685 e. The van der Waals surface area contributed by atoms with Crippen LogP contribution in [0.1, 0.15) is 43.6 Å². The minimum atomic E-state index is 0.475. The third-order valence-corrected chi connectivity index (χ3v) is 1.98. The highest BCUT2D eigenvalue weighted by molar-refractivity contribution is 5.21. The highest BCUT2D eigenvalue weighted by Gasteiger charge is 2.05. The van der Waals surface area contributed by atoms with E-state index < -0.39 is 0 Å². The first-order chi connectivity index (χ1) is 5.65. The van der Waals surface area contributed by atoms with E-state index in [2.05, 4.69) is 44.0 Å². The van der Waals surface area contributed by atoms with E-state index in [0.29, 0.717) is 5.92 Å². The van der Waals surface area contributed by atoms with Gasteiger partial charge in [-0.15, -0.1) is 0 Å². The Labute approximate surface area is 74.0 Å². The average molecular weight is 164 g/mol. The molecule has 0 saturated carbocycles. The van der Waals surface area contributed by atoms with Crippen molar-refractivity contribution in [3.8, 4) is 0 Å². The highest BCUT2D eigenvalue weighted by Crippen LogP contribution is 2.15. The van der Waals surface area contributed by atoms with Crippen molar-refractivity contribution in [3.63, 3.8) is 0 Å². The molecule has 0 radical (unpaired) electrons. The van der Waals surface area contributed by atoms with Crippen molar-refractivity contribution in [2.75, 3.05) is 0 Å². The van der Waals surface area contributed by atoms with Crippen molar-refractivity contribution in [1.29, 1.82) is 0 Å². The van der Waals surface area contributed by atoms with E-state index in [1.807, 2.05) is 0 Å². The van der Waals surface area contributed by atoms with Crippen LogP contribution in [0.5, 0.6) is 0 Å². The Hall–Kier alpha value is -0.920. The van der Waals surface area contributed by atoms with Crippen LogP contribution >= 0.6 is 0 Å². The molecule has 0 aliphatic carbocycles. The van der Waals surface area contributed by atoms with Gasteiger partial charge in [0.05, 0.1) is 11.4 Å². The molecule has 0 atom stereocenters. The number of aryl methyl sites for hydroxylation is 2. The Morgan fingerprint density at radius 2 is 2.00 bits per heavy atom. The maximum atomic E-state index is 4.20. The third-order valence-electron chi connectivity index (χ3n) is 1.98. The second kappa shape index (κ2) is 3.65. The SMILES string of the molecule is CCc1cc(C)c(C(C)C)nn1. The van der Waals surface area contributed by atoms with Crippen molar-refractivity contribution >= 4 is 0 Å². The third kappa shape index (κ3) is 1.81. The zero-order valence-electron chi connectivity index (χ0n) is 8.26. The summed E-state index contributed by atoms with van der Waals surface area (Å²) >= 11 is 0. The van der Waals surface area contributed by atoms with Crippen LogP contribution in [-0.4, -0.2) is 10.2 Å². The summed E-state index contributed by atoms with van der Waals surface area (Å²) in [5.41, 5.74) is 3.46. The van der Waals surface area contributed by atoms with Gasteiger partial charge in [0.2, 0.25) is 0 Å². The molecule has 0 saturated heterocycles. The Kier molecular flexibility index (Phi) is 2.79. The summed E-state index contributed by atoms with van der Waals surface area (Å²) in [6.45, 7) is 8.48. The molecule has 0 fully saturated rings. The van der Waals surface area contributed by atoms with E-state index in [1.54, 1.807) is 0 Å². The topological polar surface area (TPSA) is 25.8 Å². The lowest BCUT2D eigenvalue weighted by Crippen LogP contribution is -2.01. The molecule has 0 N–H and O–H groups in total. The van der Waals surface area contributed by atoms with Crippen LogP contribution in [0.3, 0.4) is 0 Å². The van der Waals surface area contributed by atoms with Crippen LogP contribution in [0.4, 0.5) is 0 Å². The van der Waals surface area contributed by atoms with E-state index in [-0.39, 0.29) is 0 Å². The summed E-state index contributed by atoms with van der Waals surface area (Å²) in [4.78, 5) is 0. The lowest BCUT2D eigenvalue weighted by Gasteiger charge is -2.07. The Bertz CT molecular complexity index is 267. The van der Waals surface area contributed by atoms with E-state index in [0.717, 1.165) is 17.8 Å². The van der Waals surface area contributed by atoms with Gasteiger partial charge in [0, 0.05) is 0 Å². The molecule has 1 rings (SSSR count). The Morgan fingerprint density at radius 3 is 2.42 bits per heavy atom. The lowest BCUT2D eigenvalue weighted by molar-refractivity contribution is 0.757. The molecule has 0 bridgehead atoms. The predicted molar refractivity (Wildman–Crippen MR) is 50.2 cm³/mol. The van der Waals surface area contributed by atoms with Gasteiger partial charge in [-0.05, 0) is 30.9 Å². The molecule has 2 heteroatoms. The molecule has 66 valence electrons. The number of hydrogen-bond donors (Lipinski definition) is 0. The van der Waals surface area contributed by atoms with Gasteiger partial charge in [-0.25, -0.2) is 0 Å². The van der Waals surface area contributed by atoms with Crippen molar-refractivity contribution in [1.82, 2.24) is 10.2 Å². The number of aromatic nitrogens is 2. The number of nitrogens with zero attached hydrogens (tertiary/aromatic N) is 2. The van der Waals surface area contributed by atoms with Gasteiger partial charge in [-0.2, -0.15) is 10.2 Å². The summed E-state index contributed by atoms with van der Waals surface area (Å²) in [6, 6.07) is 2.13. The fourth-order valence-electron chi connectivity index (χ4n) is 1.29. The zero-order valence-corrected chi connectivity index (χ0v) is 8.26. The molecule has 0 amide bonds. The first-order valence-corrected chi connectivity index (χ1v) is 4.48. The van der Waals surface area contributed by atoms with Crippen molar-refractivity contribution in [3.05, 3.63) is 23.0 Å². The largest absolute Gasteiger partial charge is 0.155 e. The normalized spacial score (nSPS) is 10.8. The minimum Gasteiger partial charge on any atom is -0.155 e. The predicted octanol–water partition coefficient (Wildman–Crippen LogP) is 2.47. The van der Waals surface area contributed by atoms with Crippen LogP contribution < -0.4 is 0 Å². The molecule has 1 aromatic rings. The molecule has 0 aliphatic rings. The van der Waals surface area contributed by atoms with Gasteiger partial charge in [-0.3, -0.25) is 0 Å². The molecule has 0 aliphatic heterocycles. The molecular formula is C10H16N2. The second-order valence-corrected chi connectivity index (χ2v) is 3.41. The lowest BCUT2D eigenvalue weighted by atomic mass is 10.1. The summed E-state index contributed by atoms with van der Waals surface area (Å²) < 4.78 is 0. The van der Waals surface area contributed by atoms with Gasteiger partial charge in [0.1, 0.15) is 0 Å². The van der Waals surface area contributed by atoms with Gasteiger partial charge in [-0.1, -0.05) is 20.8 Å². The second-order valence-electron chi connectivity index (χ2n) is 3.41. The monoisotopic (exact) mass is 164 g/mol. The molecular weight excluding hydrogens is 148 g/mol. The van der Waals surface area contributed by atoms with Crippen molar-refractivity contribution in [2.24, 2.45) is 0 Å². The number of hydrogen-bond acceptors (Lipinski definition) is 2. The van der Waals surface area contributed by atoms with E-state index in [4.69, 9.17) is 0 Å². The minimum absolute atomic E-state index is 0.475. The molecule has 1 aromatic heterocycles. The van der Waals surface area contributed by atoms with E-state index in [1.165, 1.54) is 5.56 Å². The van der Waals surface area contributed by atoms with E-state index in [9.17, 15) is 0 Å². The van der Waals surface area contributed by atoms with Crippen LogP contribution in [0.25, 0.3) is 0 Å². The van der Waals surface area contributed by atoms with Crippen LogP contribution in [0.15, 0.2) is 6.07 Å². The average Bonchev–Trinajstić information content (AvgIpc) is 2.03. The van der Waals surface area contributed by atoms with Crippen molar-refractivity contribution < 1.29 is 0 Å². The first kappa shape index (κ1) is 9.17. The summed E-state index contributed by atoms with van der Waals surface area (Å²) in [6.07, 6.45) is 0.964. The smallest absolute Gasteiger partial charge is 0.0685 e. The van der Waals surface area contributed by atoms with Gasteiger partial charge < -0.3 is 0 Å². The quantitative estimate of drug-likeness (QED) is 0.671. The highest BCUT2D eigenvalue weighted by atomic mass is 15.1. The number of rotatable bonds is 2. The van der Waals surface area contributed by atoms with Gasteiger partial charge in [0.15, 0.2) is 0 Å². The fourth-order valence-corrected chi connectivity index (χ4v) is 1.29. The molecule has 2 nitrogen and oxygen atoms in total. The van der Waals surface area contributed by atoms with Crippen LogP contribution in [0, 0.1) is 6.92 Å². The molecule has 12 heavy (non-hydrogen) atoms. The van der Waals surface area contributed by atoms with Crippen molar-refractivity contribution in [2.45, 2.75) is 40.0 Å². The van der Waals surface area contributed by atoms with Gasteiger partial charge >= 0.3 is 0 Å². The van der Waals surface area contributed by atoms with Crippen LogP contribution in [-0.2, 0) is 6.42 Å². The first-order valence-electron chi connectivity index (χ1n) is 4.48. The Morgan fingerprint density at radius 1 is 1.33 bits per heavy atom. The van der Waals surface area contributed by atoms with E-state index >= 15 is 0 Å². The molecule has 0 aromatic carbocycles. The van der Waals surface area contributed by atoms with Crippen LogP contribution in [0.2, 0.25) is 0 Å². The molecule has 1 heterocycles. The summed E-state index contributed by atoms with van der Waals surface area (Å²) in [5, 5.41) is 8.33. The maximum absolute atomic E-state index is 4.20. The summed E-state index contributed by atoms with van der Waals surface area (Å²) in [7, 11) is 0. The Balaban J connectivity index is 3.03. The molecule has 0 spiro atoms. The van der Waals surface area contributed by atoms with Gasteiger partial charge in [0.25, 0.3) is 0 Å². The summed E-state index contributed by atoms with van der Waals surface area (Å²) in [5.74, 6) is 0.475. The standard InChI is InChI=1S/C10H16N2/c1-5-9-6-8(4)10(7(2)3)12-11-9/h6-7H,5H2,1-4H3. The molecule has 0 unspecified atom stereocenters.